The van der Waals surface area contributed by atoms with Gasteiger partial charge in [-0.05, 0) is 23.6 Å². The van der Waals surface area contributed by atoms with Crippen LogP contribution in [0.15, 0.2) is 42.5 Å². The molecule has 0 N–H and O–H groups in total. The van der Waals surface area contributed by atoms with Crippen molar-refractivity contribution >= 4 is 23.4 Å². The summed E-state index contributed by atoms with van der Waals surface area (Å²) < 4.78 is 0. The van der Waals surface area contributed by atoms with Crippen LogP contribution < -0.4 is 10.4 Å². The summed E-state index contributed by atoms with van der Waals surface area (Å²) in [4.78, 5) is 0. The van der Waals surface area contributed by atoms with Crippen molar-refractivity contribution in [1.82, 2.24) is 0 Å². The van der Waals surface area contributed by atoms with Crippen molar-refractivity contribution in [3.63, 3.8) is 0 Å². The molecule has 1 aliphatic rings. The first kappa shape index (κ1) is 8.28. The molecular weight excluding hydrogens is 180 g/mol. The van der Waals surface area contributed by atoms with Gasteiger partial charge in [0.25, 0.3) is 0 Å². The summed E-state index contributed by atoms with van der Waals surface area (Å²) in [6.07, 6.45) is 8.34. The minimum Gasteiger partial charge on any atom is -0.145 e. The zero-order valence-corrected chi connectivity index (χ0v) is 8.27. The molecule has 0 atom stereocenters. The van der Waals surface area contributed by atoms with Crippen molar-refractivity contribution < 1.29 is 0 Å². The predicted molar refractivity (Wildman–Crippen MR) is 64.7 cm³/mol. The van der Waals surface area contributed by atoms with Crippen LogP contribution in [0.2, 0.25) is 0 Å². The zero-order valence-electron chi connectivity index (χ0n) is 8.27. The molecule has 1 aliphatic carbocycles. The van der Waals surface area contributed by atoms with Gasteiger partial charge >= 0.3 is 0 Å². The van der Waals surface area contributed by atoms with E-state index in [0.29, 0.717) is 0 Å². The summed E-state index contributed by atoms with van der Waals surface area (Å²) in [6, 6.07) is 10.4. The topological polar surface area (TPSA) is 0 Å². The van der Waals surface area contributed by atoms with E-state index in [1.165, 1.54) is 16.2 Å². The summed E-state index contributed by atoms with van der Waals surface area (Å²) in [7, 11) is 0. The third kappa shape index (κ3) is 1.24. The van der Waals surface area contributed by atoms with E-state index >= 15 is 0 Å². The lowest BCUT2D eigenvalue weighted by molar-refractivity contribution is 1.46. The highest BCUT2D eigenvalue weighted by atomic mass is 14.0. The van der Waals surface area contributed by atoms with Crippen molar-refractivity contribution in [2.24, 2.45) is 0 Å². The zero-order chi connectivity index (χ0) is 10.3. The van der Waals surface area contributed by atoms with E-state index in [0.717, 1.165) is 10.6 Å². The van der Waals surface area contributed by atoms with Gasteiger partial charge in [0.1, 0.15) is 0 Å². The van der Waals surface area contributed by atoms with E-state index in [-0.39, 0.29) is 0 Å². The molecule has 0 bridgehead atoms. The molecule has 0 saturated heterocycles. The number of rotatable bonds is 0. The van der Waals surface area contributed by atoms with Gasteiger partial charge in [0.15, 0.2) is 5.22 Å². The normalized spacial score (nSPS) is 13.0. The summed E-state index contributed by atoms with van der Waals surface area (Å²) in [5.74, 6) is 0. The van der Waals surface area contributed by atoms with Gasteiger partial charge in [0.2, 0.25) is 0 Å². The van der Waals surface area contributed by atoms with Crippen molar-refractivity contribution in [2.75, 3.05) is 0 Å². The van der Waals surface area contributed by atoms with Crippen LogP contribution in [-0.4, -0.2) is 0 Å². The van der Waals surface area contributed by atoms with Crippen LogP contribution in [0.3, 0.4) is 0 Å². The number of benzene rings is 2. The quantitative estimate of drug-likeness (QED) is 0.558. The molecule has 0 heterocycles. The van der Waals surface area contributed by atoms with Gasteiger partial charge in [-0.1, -0.05) is 5.22 Å². The summed E-state index contributed by atoms with van der Waals surface area (Å²) in [6.45, 7) is 5.95. The molecule has 0 spiro atoms. The SMILES string of the molecule is [CH+]=c1cccc2cc3c(cc12)=CC=C[CH-]3. The van der Waals surface area contributed by atoms with Crippen molar-refractivity contribution in [3.05, 3.63) is 64.9 Å². The fourth-order valence-corrected chi connectivity index (χ4v) is 1.99. The summed E-state index contributed by atoms with van der Waals surface area (Å²) >= 11 is 0. The third-order valence-electron chi connectivity index (χ3n) is 2.78. The molecule has 0 amide bonds. The Balaban J connectivity index is 2.51. The van der Waals surface area contributed by atoms with Crippen LogP contribution in [0, 0.1) is 6.42 Å². The molecule has 2 aromatic carbocycles. The Kier molecular flexibility index (Phi) is 1.65. The Morgan fingerprint density at radius 1 is 1.13 bits per heavy atom. The molecule has 2 aromatic rings. The minimum atomic E-state index is 0.846. The maximum absolute atomic E-state index is 5.95. The second-order valence-corrected chi connectivity index (χ2v) is 3.77. The third-order valence-corrected chi connectivity index (χ3v) is 2.78. The van der Waals surface area contributed by atoms with E-state index in [1.807, 2.05) is 18.2 Å². The molecule has 0 radical (unpaired) electrons. The number of hydrogen-bond acceptors (Lipinski definition) is 0. The Morgan fingerprint density at radius 2 is 2.07 bits per heavy atom. The van der Waals surface area contributed by atoms with E-state index in [4.69, 9.17) is 6.58 Å². The number of fused-ring (bicyclic) bond motifs is 2. The smallest absolute Gasteiger partial charge is 0.145 e. The van der Waals surface area contributed by atoms with Gasteiger partial charge < -0.3 is 0 Å². The predicted octanol–water partition coefficient (Wildman–Crippen LogP) is 2.03. The van der Waals surface area contributed by atoms with Crippen LogP contribution in [0.25, 0.3) is 23.4 Å². The molecule has 0 fully saturated rings. The van der Waals surface area contributed by atoms with Crippen LogP contribution in [0.5, 0.6) is 0 Å². The summed E-state index contributed by atoms with van der Waals surface area (Å²) in [5.41, 5.74) is 1.26. The molecular formula is C15H10. The molecule has 0 unspecified atom stereocenters. The average Bonchev–Trinajstić information content (AvgIpc) is 2.27. The van der Waals surface area contributed by atoms with Crippen LogP contribution in [-0.2, 0) is 0 Å². The maximum atomic E-state index is 5.95. The Labute approximate surface area is 88.9 Å². The van der Waals surface area contributed by atoms with Crippen LogP contribution in [0.4, 0.5) is 0 Å². The van der Waals surface area contributed by atoms with Gasteiger partial charge in [-0.2, -0.15) is 0 Å². The Bertz CT molecular complexity index is 660. The van der Waals surface area contributed by atoms with E-state index in [9.17, 15) is 0 Å². The lowest BCUT2D eigenvalue weighted by Gasteiger charge is -2.11. The second-order valence-electron chi connectivity index (χ2n) is 3.77. The van der Waals surface area contributed by atoms with E-state index in [2.05, 4.69) is 36.8 Å². The van der Waals surface area contributed by atoms with Crippen molar-refractivity contribution in [1.29, 1.82) is 0 Å². The lowest BCUT2D eigenvalue weighted by atomic mass is 9.99. The van der Waals surface area contributed by atoms with Gasteiger partial charge in [0.05, 0.1) is 11.5 Å². The van der Waals surface area contributed by atoms with Crippen molar-refractivity contribution in [2.45, 2.75) is 0 Å². The molecule has 0 aromatic heterocycles. The molecule has 0 heteroatoms. The number of allylic oxidation sites excluding steroid dienone is 2. The van der Waals surface area contributed by atoms with Crippen LogP contribution >= 0.6 is 0 Å². The van der Waals surface area contributed by atoms with Crippen molar-refractivity contribution in [3.8, 4) is 0 Å². The maximum Gasteiger partial charge on any atom is 0.186 e. The van der Waals surface area contributed by atoms with Crippen LogP contribution in [0.1, 0.15) is 5.56 Å². The molecule has 15 heavy (non-hydrogen) atoms. The standard InChI is InChI=1S/C15H10/c1-11-5-4-8-14-9-12-6-2-3-7-13(12)10-15(11)14/h1-10H. The van der Waals surface area contributed by atoms with Gasteiger partial charge in [0, 0.05) is 6.58 Å². The van der Waals surface area contributed by atoms with Gasteiger partial charge in [-0.25, -0.2) is 0 Å². The highest BCUT2D eigenvalue weighted by Gasteiger charge is 2.00. The summed E-state index contributed by atoms with van der Waals surface area (Å²) in [5, 5.41) is 4.42. The largest absolute Gasteiger partial charge is 0.186 e. The van der Waals surface area contributed by atoms with Gasteiger partial charge in [-0.3, -0.25) is 0 Å². The molecule has 0 aliphatic heterocycles. The molecule has 3 rings (SSSR count). The fourth-order valence-electron chi connectivity index (χ4n) is 1.99. The minimum absolute atomic E-state index is 0.846. The Hall–Kier alpha value is -2.04. The lowest BCUT2D eigenvalue weighted by Crippen LogP contribution is -2.11. The Morgan fingerprint density at radius 3 is 3.00 bits per heavy atom. The number of hydrogen-bond donors (Lipinski definition) is 0. The first-order valence-electron chi connectivity index (χ1n) is 5.01. The first-order chi connectivity index (χ1) is 7.34. The van der Waals surface area contributed by atoms with Gasteiger partial charge in [-0.15, -0.1) is 36.3 Å². The second kappa shape index (κ2) is 2.98. The average molecular weight is 190 g/mol. The molecule has 0 saturated carbocycles. The first-order valence-corrected chi connectivity index (χ1v) is 5.01. The van der Waals surface area contributed by atoms with E-state index < -0.39 is 0 Å². The monoisotopic (exact) mass is 190 g/mol. The molecule has 0 nitrogen and oxygen atoms in total. The highest BCUT2D eigenvalue weighted by molar-refractivity contribution is 5.84. The van der Waals surface area contributed by atoms with E-state index in [1.54, 1.807) is 0 Å². The molecule has 70 valence electrons. The fraction of sp³-hybridized carbons (Fsp3) is 0. The highest BCUT2D eigenvalue weighted by Crippen LogP contribution is 2.12.